The summed E-state index contributed by atoms with van der Waals surface area (Å²) in [5.41, 5.74) is 2.48. The van der Waals surface area contributed by atoms with E-state index in [9.17, 15) is 14.4 Å². The normalized spacial score (nSPS) is 25.6. The predicted octanol–water partition coefficient (Wildman–Crippen LogP) is 3.82. The molecule has 1 aromatic heterocycles. The number of fused-ring (bicyclic) bond motifs is 6. The van der Waals surface area contributed by atoms with Crippen molar-refractivity contribution in [1.29, 1.82) is 0 Å². The molecule has 1 saturated carbocycles. The molecule has 6 nitrogen and oxygen atoms in total. The van der Waals surface area contributed by atoms with Crippen LogP contribution in [0.5, 0.6) is 0 Å². The minimum atomic E-state index is -0.233. The summed E-state index contributed by atoms with van der Waals surface area (Å²) in [5.74, 6) is -0.532. The molecular weight excluding hydrogens is 402 g/mol. The number of rotatable bonds is 3. The lowest BCUT2D eigenvalue weighted by atomic mass is 9.85. The Morgan fingerprint density at radius 3 is 2.28 bits per heavy atom. The van der Waals surface area contributed by atoms with Crippen molar-refractivity contribution in [2.24, 2.45) is 23.7 Å². The first-order valence-corrected chi connectivity index (χ1v) is 10.8. The van der Waals surface area contributed by atoms with E-state index in [0.29, 0.717) is 11.3 Å². The number of anilines is 2. The van der Waals surface area contributed by atoms with Crippen LogP contribution in [0, 0.1) is 23.7 Å². The van der Waals surface area contributed by atoms with Gasteiger partial charge in [-0.15, -0.1) is 0 Å². The molecule has 0 spiro atoms. The molecule has 3 aromatic rings. The zero-order valence-corrected chi connectivity index (χ0v) is 17.5. The van der Waals surface area contributed by atoms with E-state index < -0.39 is 0 Å². The van der Waals surface area contributed by atoms with E-state index >= 15 is 0 Å². The topological polar surface area (TPSA) is 70.6 Å². The molecule has 32 heavy (non-hydrogen) atoms. The number of pyridine rings is 1. The number of allylic oxidation sites excluding steroid dienone is 2. The van der Waals surface area contributed by atoms with Gasteiger partial charge in [0.2, 0.25) is 11.8 Å². The zero-order valence-electron chi connectivity index (χ0n) is 17.5. The van der Waals surface area contributed by atoms with Crippen molar-refractivity contribution in [3.05, 3.63) is 78.5 Å². The average Bonchev–Trinajstić information content (AvgIpc) is 3.51. The summed E-state index contributed by atoms with van der Waals surface area (Å²) < 4.78 is 0. The van der Waals surface area contributed by atoms with Gasteiger partial charge in [-0.25, -0.2) is 0 Å². The molecule has 1 unspecified atom stereocenters. The first kappa shape index (κ1) is 18.9. The molecule has 3 amide bonds. The van der Waals surface area contributed by atoms with Crippen LogP contribution in [-0.4, -0.2) is 29.8 Å². The second-order valence-corrected chi connectivity index (χ2v) is 8.78. The van der Waals surface area contributed by atoms with Gasteiger partial charge in [0.1, 0.15) is 0 Å². The van der Waals surface area contributed by atoms with Gasteiger partial charge in [0.05, 0.1) is 28.7 Å². The summed E-state index contributed by atoms with van der Waals surface area (Å²) in [5, 5.41) is 0.958. The molecule has 6 heteroatoms. The quantitative estimate of drug-likeness (QED) is 0.474. The summed E-state index contributed by atoms with van der Waals surface area (Å²) in [4.78, 5) is 46.5. The Labute approximate surface area is 185 Å². The monoisotopic (exact) mass is 423 g/mol. The summed E-state index contributed by atoms with van der Waals surface area (Å²) >= 11 is 0. The Kier molecular flexibility index (Phi) is 4.05. The Morgan fingerprint density at radius 1 is 0.938 bits per heavy atom. The van der Waals surface area contributed by atoms with Gasteiger partial charge in [-0.1, -0.05) is 30.4 Å². The zero-order chi connectivity index (χ0) is 22.0. The van der Waals surface area contributed by atoms with Gasteiger partial charge >= 0.3 is 0 Å². The van der Waals surface area contributed by atoms with E-state index in [1.807, 2.05) is 30.3 Å². The van der Waals surface area contributed by atoms with Crippen LogP contribution in [-0.2, 0) is 9.59 Å². The van der Waals surface area contributed by atoms with Gasteiger partial charge in [0, 0.05) is 24.2 Å². The van der Waals surface area contributed by atoms with Crippen molar-refractivity contribution in [2.75, 3.05) is 16.8 Å². The maximum Gasteiger partial charge on any atom is 0.258 e. The lowest BCUT2D eigenvalue weighted by molar-refractivity contribution is -0.123. The van der Waals surface area contributed by atoms with Gasteiger partial charge in [-0.05, 0) is 54.7 Å². The number of aromatic nitrogens is 1. The maximum atomic E-state index is 13.1. The molecule has 6 rings (SSSR count). The largest absolute Gasteiger partial charge is 0.309 e. The number of carbonyl (C=O) groups is 3. The SMILES string of the molecule is CN(C(=O)c1ccc(N2C(=O)[C@@H]3[C@H]4C=CC(C4)[C@@H]3C2=O)cc1)c1cccc2cccnc12. The minimum Gasteiger partial charge on any atom is -0.309 e. The molecule has 2 fully saturated rings. The van der Waals surface area contributed by atoms with Crippen LogP contribution in [0.2, 0.25) is 0 Å². The molecule has 158 valence electrons. The smallest absolute Gasteiger partial charge is 0.258 e. The van der Waals surface area contributed by atoms with Crippen LogP contribution < -0.4 is 9.80 Å². The van der Waals surface area contributed by atoms with Gasteiger partial charge < -0.3 is 4.90 Å². The van der Waals surface area contributed by atoms with E-state index in [-0.39, 0.29) is 41.4 Å². The lowest BCUT2D eigenvalue weighted by Crippen LogP contribution is -2.33. The highest BCUT2D eigenvalue weighted by Gasteiger charge is 2.59. The first-order chi connectivity index (χ1) is 15.5. The number of benzene rings is 2. The van der Waals surface area contributed by atoms with Crippen molar-refractivity contribution in [2.45, 2.75) is 6.42 Å². The van der Waals surface area contributed by atoms with Crippen LogP contribution in [0.1, 0.15) is 16.8 Å². The third kappa shape index (κ3) is 2.59. The lowest BCUT2D eigenvalue weighted by Gasteiger charge is -2.20. The Hall–Kier alpha value is -3.80. The molecule has 4 atom stereocenters. The van der Waals surface area contributed by atoms with Gasteiger partial charge in [0.25, 0.3) is 5.91 Å². The molecule has 2 heterocycles. The maximum absolute atomic E-state index is 13.1. The molecule has 0 radical (unpaired) electrons. The minimum absolute atomic E-state index is 0.116. The van der Waals surface area contributed by atoms with Crippen molar-refractivity contribution in [3.63, 3.8) is 0 Å². The highest BCUT2D eigenvalue weighted by atomic mass is 16.2. The Balaban J connectivity index is 1.27. The van der Waals surface area contributed by atoms with Gasteiger partial charge in [0.15, 0.2) is 0 Å². The molecule has 2 aromatic carbocycles. The van der Waals surface area contributed by atoms with Crippen LogP contribution in [0.3, 0.4) is 0 Å². The van der Waals surface area contributed by atoms with Crippen molar-refractivity contribution in [3.8, 4) is 0 Å². The summed E-state index contributed by atoms with van der Waals surface area (Å²) in [7, 11) is 1.72. The molecule has 1 saturated heterocycles. The van der Waals surface area contributed by atoms with Crippen molar-refractivity contribution < 1.29 is 14.4 Å². The van der Waals surface area contributed by atoms with Gasteiger partial charge in [-0.3, -0.25) is 24.3 Å². The molecule has 2 bridgehead atoms. The standard InChI is InChI=1S/C26H21N3O3/c1-28(20-6-2-4-15-5-3-13-27-23(15)20)24(30)16-9-11-19(12-10-16)29-25(31)21-17-7-8-18(14-17)22(21)26(29)32/h2-13,17-18,21-22H,14H2,1H3/t17-,18?,21+,22-/m0/s1. The van der Waals surface area contributed by atoms with E-state index in [2.05, 4.69) is 17.1 Å². The molecule has 3 aliphatic rings. The number of hydrogen-bond acceptors (Lipinski definition) is 4. The summed E-state index contributed by atoms with van der Waals surface area (Å²) in [6.45, 7) is 0. The van der Waals surface area contributed by atoms with Crippen molar-refractivity contribution >= 4 is 40.0 Å². The molecular formula is C26H21N3O3. The third-order valence-electron chi connectivity index (χ3n) is 7.12. The fourth-order valence-electron chi connectivity index (χ4n) is 5.57. The molecule has 2 aliphatic carbocycles. The number of amides is 3. The van der Waals surface area contributed by atoms with Crippen LogP contribution >= 0.6 is 0 Å². The van der Waals surface area contributed by atoms with E-state index in [4.69, 9.17) is 0 Å². The predicted molar refractivity (Wildman–Crippen MR) is 121 cm³/mol. The molecule has 1 aliphatic heterocycles. The summed E-state index contributed by atoms with van der Waals surface area (Å²) in [6, 6.07) is 16.3. The highest BCUT2D eigenvalue weighted by Crippen LogP contribution is 2.53. The van der Waals surface area contributed by atoms with E-state index in [0.717, 1.165) is 23.0 Å². The van der Waals surface area contributed by atoms with E-state index in [1.165, 1.54) is 4.90 Å². The van der Waals surface area contributed by atoms with Crippen LogP contribution in [0.4, 0.5) is 11.4 Å². The number of hydrogen-bond donors (Lipinski definition) is 0. The fraction of sp³-hybridized carbons (Fsp3) is 0.231. The average molecular weight is 423 g/mol. The highest BCUT2D eigenvalue weighted by molar-refractivity contribution is 6.23. The van der Waals surface area contributed by atoms with E-state index in [1.54, 1.807) is 42.4 Å². The third-order valence-corrected chi connectivity index (χ3v) is 7.12. The first-order valence-electron chi connectivity index (χ1n) is 10.8. The fourth-order valence-corrected chi connectivity index (χ4v) is 5.57. The second kappa shape index (κ2) is 6.85. The number of para-hydroxylation sites is 1. The summed E-state index contributed by atoms with van der Waals surface area (Å²) in [6.07, 6.45) is 6.78. The van der Waals surface area contributed by atoms with Gasteiger partial charge in [-0.2, -0.15) is 0 Å². The number of nitrogens with zero attached hydrogens (tertiary/aromatic N) is 3. The van der Waals surface area contributed by atoms with Crippen LogP contribution in [0.15, 0.2) is 72.9 Å². The number of imide groups is 1. The molecule has 0 N–H and O–H groups in total. The van der Waals surface area contributed by atoms with Crippen molar-refractivity contribution in [1.82, 2.24) is 4.98 Å². The second-order valence-electron chi connectivity index (χ2n) is 8.78. The Morgan fingerprint density at radius 2 is 1.59 bits per heavy atom. The van der Waals surface area contributed by atoms with Crippen LogP contribution in [0.25, 0.3) is 10.9 Å². The Bertz CT molecular complexity index is 1280. The number of carbonyl (C=O) groups excluding carboxylic acids is 3.